The molecule has 0 atom stereocenters. The first-order valence-electron chi connectivity index (χ1n) is 5.10. The third-order valence-electron chi connectivity index (χ3n) is 1.97. The number of ether oxygens (including phenoxy) is 2. The summed E-state index contributed by atoms with van der Waals surface area (Å²) in [4.78, 5) is 9.91. The summed E-state index contributed by atoms with van der Waals surface area (Å²) in [6.07, 6.45) is 3.19. The SMILES string of the molecule is CCOC.O=CCOC1CCNCC1. The molecule has 1 fully saturated rings. The maximum absolute atomic E-state index is 9.91. The molecule has 0 amide bonds. The van der Waals surface area contributed by atoms with Gasteiger partial charge in [0, 0.05) is 13.7 Å². The zero-order valence-electron chi connectivity index (χ0n) is 9.12. The molecule has 1 saturated heterocycles. The highest BCUT2D eigenvalue weighted by atomic mass is 16.5. The monoisotopic (exact) mass is 203 g/mol. The van der Waals surface area contributed by atoms with Gasteiger partial charge in [0.2, 0.25) is 0 Å². The van der Waals surface area contributed by atoms with Crippen molar-refractivity contribution >= 4 is 6.29 Å². The molecule has 0 spiro atoms. The van der Waals surface area contributed by atoms with Gasteiger partial charge in [-0.15, -0.1) is 0 Å². The van der Waals surface area contributed by atoms with E-state index in [1.807, 2.05) is 6.92 Å². The van der Waals surface area contributed by atoms with Gasteiger partial charge in [0.1, 0.15) is 12.9 Å². The highest BCUT2D eigenvalue weighted by molar-refractivity contribution is 5.50. The molecule has 0 aromatic carbocycles. The summed E-state index contributed by atoms with van der Waals surface area (Å²) < 4.78 is 9.77. The van der Waals surface area contributed by atoms with Crippen molar-refractivity contribution < 1.29 is 14.3 Å². The quantitative estimate of drug-likeness (QED) is 0.680. The minimum Gasteiger partial charge on any atom is -0.385 e. The number of nitrogens with one attached hydrogen (secondary N) is 1. The first kappa shape index (κ1) is 13.5. The van der Waals surface area contributed by atoms with Crippen molar-refractivity contribution in [2.75, 3.05) is 33.4 Å². The summed E-state index contributed by atoms with van der Waals surface area (Å²) in [6.45, 7) is 5.07. The molecule has 0 saturated carbocycles. The average molecular weight is 203 g/mol. The van der Waals surface area contributed by atoms with Gasteiger partial charge in [-0.05, 0) is 32.9 Å². The molecular weight excluding hydrogens is 182 g/mol. The Balaban J connectivity index is 0.000000364. The fourth-order valence-electron chi connectivity index (χ4n) is 1.14. The molecule has 4 nitrogen and oxygen atoms in total. The van der Waals surface area contributed by atoms with Crippen LogP contribution in [0.15, 0.2) is 0 Å². The lowest BCUT2D eigenvalue weighted by Crippen LogP contribution is -2.32. The number of rotatable bonds is 4. The van der Waals surface area contributed by atoms with Crippen LogP contribution in [-0.2, 0) is 14.3 Å². The summed E-state index contributed by atoms with van der Waals surface area (Å²) in [6, 6.07) is 0. The number of carbonyl (C=O) groups is 1. The van der Waals surface area contributed by atoms with Gasteiger partial charge >= 0.3 is 0 Å². The third kappa shape index (κ3) is 8.16. The van der Waals surface area contributed by atoms with Crippen molar-refractivity contribution in [3.63, 3.8) is 0 Å². The lowest BCUT2D eigenvalue weighted by Gasteiger charge is -2.21. The summed E-state index contributed by atoms with van der Waals surface area (Å²) in [5.41, 5.74) is 0. The Morgan fingerprint density at radius 2 is 2.00 bits per heavy atom. The van der Waals surface area contributed by atoms with E-state index in [9.17, 15) is 4.79 Å². The Labute approximate surface area is 86.0 Å². The van der Waals surface area contributed by atoms with E-state index in [4.69, 9.17) is 4.74 Å². The number of hydrogen-bond donors (Lipinski definition) is 1. The van der Waals surface area contributed by atoms with Crippen LogP contribution in [0.4, 0.5) is 0 Å². The average Bonchev–Trinajstić information content (AvgIpc) is 2.28. The lowest BCUT2D eigenvalue weighted by molar-refractivity contribution is -0.114. The van der Waals surface area contributed by atoms with Crippen LogP contribution in [0.25, 0.3) is 0 Å². The van der Waals surface area contributed by atoms with E-state index in [2.05, 4.69) is 10.1 Å². The molecule has 1 heterocycles. The highest BCUT2D eigenvalue weighted by Gasteiger charge is 2.11. The van der Waals surface area contributed by atoms with Crippen molar-refractivity contribution in [3.05, 3.63) is 0 Å². The van der Waals surface area contributed by atoms with Crippen LogP contribution < -0.4 is 5.32 Å². The van der Waals surface area contributed by atoms with Gasteiger partial charge in [-0.1, -0.05) is 0 Å². The lowest BCUT2D eigenvalue weighted by atomic mass is 10.1. The van der Waals surface area contributed by atoms with E-state index in [0.29, 0.717) is 6.10 Å². The van der Waals surface area contributed by atoms with Crippen LogP contribution in [0, 0.1) is 0 Å². The zero-order valence-corrected chi connectivity index (χ0v) is 9.12. The van der Waals surface area contributed by atoms with Crippen molar-refractivity contribution in [1.82, 2.24) is 5.32 Å². The predicted octanol–water partition coefficient (Wildman–Crippen LogP) is 0.607. The molecule has 1 N–H and O–H groups in total. The number of hydrogen-bond acceptors (Lipinski definition) is 4. The summed E-state index contributed by atoms with van der Waals surface area (Å²) in [5, 5.41) is 3.22. The van der Waals surface area contributed by atoms with Crippen LogP contribution in [0.1, 0.15) is 19.8 Å². The topological polar surface area (TPSA) is 47.6 Å². The van der Waals surface area contributed by atoms with Crippen LogP contribution in [0.5, 0.6) is 0 Å². The number of carbonyl (C=O) groups excluding carboxylic acids is 1. The molecule has 1 rings (SSSR count). The number of methoxy groups -OCH3 is 1. The smallest absolute Gasteiger partial charge is 0.145 e. The van der Waals surface area contributed by atoms with Crippen LogP contribution in [-0.4, -0.2) is 45.8 Å². The molecule has 0 bridgehead atoms. The molecule has 0 aromatic heterocycles. The molecule has 0 aromatic rings. The van der Waals surface area contributed by atoms with Crippen molar-refractivity contribution in [2.45, 2.75) is 25.9 Å². The van der Waals surface area contributed by atoms with Gasteiger partial charge in [0.25, 0.3) is 0 Å². The number of piperidine rings is 1. The molecule has 0 radical (unpaired) electrons. The van der Waals surface area contributed by atoms with E-state index in [1.165, 1.54) is 0 Å². The fraction of sp³-hybridized carbons (Fsp3) is 0.900. The Bertz CT molecular complexity index is 123. The molecule has 0 aliphatic carbocycles. The largest absolute Gasteiger partial charge is 0.385 e. The molecule has 1 aliphatic heterocycles. The van der Waals surface area contributed by atoms with Crippen molar-refractivity contribution in [2.24, 2.45) is 0 Å². The Hall–Kier alpha value is -0.450. The minimum absolute atomic E-state index is 0.255. The normalized spacial score (nSPS) is 17.0. The first-order chi connectivity index (χ1) is 6.85. The second-order valence-electron chi connectivity index (χ2n) is 3.03. The van der Waals surface area contributed by atoms with Gasteiger partial charge in [-0.2, -0.15) is 0 Å². The van der Waals surface area contributed by atoms with Crippen LogP contribution >= 0.6 is 0 Å². The predicted molar refractivity (Wildman–Crippen MR) is 55.5 cm³/mol. The van der Waals surface area contributed by atoms with Gasteiger partial charge in [-0.25, -0.2) is 0 Å². The summed E-state index contributed by atoms with van der Waals surface area (Å²) in [7, 11) is 1.68. The molecule has 84 valence electrons. The second kappa shape index (κ2) is 10.6. The molecule has 4 heteroatoms. The van der Waals surface area contributed by atoms with Crippen LogP contribution in [0.3, 0.4) is 0 Å². The minimum atomic E-state index is 0.255. The highest BCUT2D eigenvalue weighted by Crippen LogP contribution is 2.05. The van der Waals surface area contributed by atoms with E-state index in [1.54, 1.807) is 7.11 Å². The van der Waals surface area contributed by atoms with E-state index >= 15 is 0 Å². The van der Waals surface area contributed by atoms with E-state index in [-0.39, 0.29) is 6.61 Å². The molecule has 0 unspecified atom stereocenters. The van der Waals surface area contributed by atoms with Gasteiger partial charge < -0.3 is 19.6 Å². The van der Waals surface area contributed by atoms with Crippen molar-refractivity contribution in [1.29, 1.82) is 0 Å². The Kier molecular flexibility index (Phi) is 10.3. The zero-order chi connectivity index (χ0) is 10.6. The molecule has 14 heavy (non-hydrogen) atoms. The van der Waals surface area contributed by atoms with Crippen molar-refractivity contribution in [3.8, 4) is 0 Å². The molecular formula is C10H21NO3. The van der Waals surface area contributed by atoms with Gasteiger partial charge in [0.15, 0.2) is 0 Å². The summed E-state index contributed by atoms with van der Waals surface area (Å²) >= 11 is 0. The summed E-state index contributed by atoms with van der Waals surface area (Å²) in [5.74, 6) is 0. The van der Waals surface area contributed by atoms with E-state index < -0.39 is 0 Å². The second-order valence-corrected chi connectivity index (χ2v) is 3.03. The third-order valence-corrected chi connectivity index (χ3v) is 1.97. The molecule has 1 aliphatic rings. The van der Waals surface area contributed by atoms with E-state index in [0.717, 1.165) is 38.8 Å². The van der Waals surface area contributed by atoms with Gasteiger partial charge in [0.05, 0.1) is 6.10 Å². The Morgan fingerprint density at radius 3 is 2.43 bits per heavy atom. The maximum Gasteiger partial charge on any atom is 0.145 e. The first-order valence-corrected chi connectivity index (χ1v) is 5.10. The Morgan fingerprint density at radius 1 is 1.43 bits per heavy atom. The van der Waals surface area contributed by atoms with Crippen LogP contribution in [0.2, 0.25) is 0 Å². The number of aldehydes is 1. The maximum atomic E-state index is 9.91. The standard InChI is InChI=1S/C7H13NO2.C3H8O/c9-5-6-10-7-1-3-8-4-2-7;1-3-4-2/h5,7-8H,1-4,6H2;3H2,1-2H3. The van der Waals surface area contributed by atoms with Gasteiger partial charge in [-0.3, -0.25) is 0 Å². The fourth-order valence-corrected chi connectivity index (χ4v) is 1.14.